The summed E-state index contributed by atoms with van der Waals surface area (Å²) in [6, 6.07) is 2.17. The maximum Gasteiger partial charge on any atom is 0.160 e. The Balaban J connectivity index is 1.56. The number of rotatable bonds is 3. The van der Waals surface area contributed by atoms with E-state index in [-0.39, 0.29) is 0 Å². The number of aromatic nitrogens is 4. The van der Waals surface area contributed by atoms with Gasteiger partial charge in [0.2, 0.25) is 0 Å². The molecule has 2 aliphatic rings. The Morgan fingerprint density at radius 3 is 3.23 bits per heavy atom. The van der Waals surface area contributed by atoms with E-state index in [0.717, 1.165) is 57.1 Å². The molecule has 1 unspecified atom stereocenters. The van der Waals surface area contributed by atoms with E-state index in [0.29, 0.717) is 6.10 Å². The highest BCUT2D eigenvalue weighted by Gasteiger charge is 2.19. The fourth-order valence-corrected chi connectivity index (χ4v) is 3.33. The molecule has 0 aromatic carbocycles. The maximum absolute atomic E-state index is 5.86. The van der Waals surface area contributed by atoms with E-state index >= 15 is 0 Å². The second kappa shape index (κ2) is 6.22. The van der Waals surface area contributed by atoms with Crippen molar-refractivity contribution in [1.29, 1.82) is 0 Å². The molecule has 0 saturated carbocycles. The van der Waals surface area contributed by atoms with Crippen molar-refractivity contribution >= 4 is 0 Å². The first-order chi connectivity index (χ1) is 10.9. The fraction of sp³-hybridized carbons (Fsp3) is 0.625. The highest BCUT2D eigenvalue weighted by Crippen LogP contribution is 2.21. The fourth-order valence-electron chi connectivity index (χ4n) is 3.33. The molecule has 6 nitrogen and oxygen atoms in total. The van der Waals surface area contributed by atoms with Crippen LogP contribution in [0.3, 0.4) is 0 Å². The lowest BCUT2D eigenvalue weighted by molar-refractivity contribution is 0.00623. The van der Waals surface area contributed by atoms with Gasteiger partial charge >= 0.3 is 0 Å². The first-order valence-electron chi connectivity index (χ1n) is 8.31. The van der Waals surface area contributed by atoms with Crippen LogP contribution in [0.25, 0.3) is 11.5 Å². The maximum atomic E-state index is 5.86. The highest BCUT2D eigenvalue weighted by molar-refractivity contribution is 5.50. The lowest BCUT2D eigenvalue weighted by Crippen LogP contribution is -2.24. The zero-order chi connectivity index (χ0) is 14.8. The molecule has 6 heteroatoms. The monoisotopic (exact) mass is 301 g/mol. The van der Waals surface area contributed by atoms with Gasteiger partial charge in [0.25, 0.3) is 0 Å². The van der Waals surface area contributed by atoms with Crippen LogP contribution in [-0.4, -0.2) is 38.6 Å². The third-order valence-electron chi connectivity index (χ3n) is 4.51. The minimum absolute atomic E-state index is 0.309. The largest absolute Gasteiger partial charge is 0.376 e. The second-order valence-electron chi connectivity index (χ2n) is 6.17. The summed E-state index contributed by atoms with van der Waals surface area (Å²) in [5.41, 5.74) is 2.22. The van der Waals surface area contributed by atoms with Gasteiger partial charge in [-0.05, 0) is 38.3 Å². The van der Waals surface area contributed by atoms with Crippen molar-refractivity contribution in [3.63, 3.8) is 0 Å². The van der Waals surface area contributed by atoms with Gasteiger partial charge in [0, 0.05) is 32.1 Å². The van der Waals surface area contributed by atoms with Crippen LogP contribution in [0.15, 0.2) is 18.5 Å². The van der Waals surface area contributed by atoms with Gasteiger partial charge in [-0.2, -0.15) is 5.10 Å². The van der Waals surface area contributed by atoms with Gasteiger partial charge in [-0.15, -0.1) is 0 Å². The highest BCUT2D eigenvalue weighted by atomic mass is 16.5. The second-order valence-corrected chi connectivity index (χ2v) is 6.17. The number of nitrogens with one attached hydrogen (secondary N) is 1. The molecule has 4 rings (SSSR count). The molecule has 1 fully saturated rings. The van der Waals surface area contributed by atoms with E-state index in [4.69, 9.17) is 9.84 Å². The van der Waals surface area contributed by atoms with Crippen LogP contribution in [0, 0.1) is 0 Å². The number of hydrogen-bond acceptors (Lipinski definition) is 4. The van der Waals surface area contributed by atoms with Crippen molar-refractivity contribution in [2.24, 2.45) is 0 Å². The predicted molar refractivity (Wildman–Crippen MR) is 83.4 cm³/mol. The van der Waals surface area contributed by atoms with Crippen molar-refractivity contribution in [2.45, 2.75) is 51.4 Å². The molecule has 0 aliphatic carbocycles. The lowest BCUT2D eigenvalue weighted by Gasteiger charge is -2.23. The van der Waals surface area contributed by atoms with Gasteiger partial charge in [0.15, 0.2) is 5.82 Å². The predicted octanol–water partition coefficient (Wildman–Crippen LogP) is 1.81. The van der Waals surface area contributed by atoms with Crippen LogP contribution in [-0.2, 0) is 24.4 Å². The zero-order valence-corrected chi connectivity index (χ0v) is 12.9. The number of ether oxygens (including phenoxy) is 1. The summed E-state index contributed by atoms with van der Waals surface area (Å²) in [5, 5.41) is 8.19. The summed E-state index contributed by atoms with van der Waals surface area (Å²) in [6.45, 7) is 4.69. The van der Waals surface area contributed by atoms with Crippen molar-refractivity contribution < 1.29 is 4.74 Å². The Labute approximate surface area is 130 Å². The summed E-state index contributed by atoms with van der Waals surface area (Å²) in [6.07, 6.45) is 8.92. The molecule has 4 heterocycles. The lowest BCUT2D eigenvalue weighted by atomic mass is 10.1. The molecular weight excluding hydrogens is 278 g/mol. The summed E-state index contributed by atoms with van der Waals surface area (Å²) in [7, 11) is 0. The molecule has 1 atom stereocenters. The summed E-state index contributed by atoms with van der Waals surface area (Å²) in [4.78, 5) is 4.53. The average molecular weight is 301 g/mol. The molecule has 118 valence electrons. The molecule has 1 N–H and O–H groups in total. The Hall–Kier alpha value is -1.66. The molecule has 2 aromatic heterocycles. The average Bonchev–Trinajstić information content (AvgIpc) is 3.10. The standard InChI is InChI=1S/C16H23N5O/c1-2-9-22-14(4-1)12-20-8-6-18-16(20)15-10-13-11-17-5-3-7-21(13)19-15/h6,8,10,14,17H,1-5,7,9,11-12H2. The quantitative estimate of drug-likeness (QED) is 0.939. The summed E-state index contributed by atoms with van der Waals surface area (Å²) in [5.74, 6) is 0.953. The van der Waals surface area contributed by atoms with Crippen molar-refractivity contribution in [3.05, 3.63) is 24.2 Å². The molecule has 0 spiro atoms. The normalized spacial score (nSPS) is 22.3. The first-order valence-corrected chi connectivity index (χ1v) is 8.31. The smallest absolute Gasteiger partial charge is 0.160 e. The van der Waals surface area contributed by atoms with Crippen LogP contribution < -0.4 is 5.32 Å². The molecule has 22 heavy (non-hydrogen) atoms. The molecule has 0 radical (unpaired) electrons. The Morgan fingerprint density at radius 2 is 2.32 bits per heavy atom. The Bertz CT molecular complexity index is 603. The minimum Gasteiger partial charge on any atom is -0.376 e. The number of fused-ring (bicyclic) bond motifs is 1. The topological polar surface area (TPSA) is 56.9 Å². The van der Waals surface area contributed by atoms with Crippen LogP contribution in [0.5, 0.6) is 0 Å². The van der Waals surface area contributed by atoms with E-state index in [9.17, 15) is 0 Å². The van der Waals surface area contributed by atoms with Gasteiger partial charge < -0.3 is 14.6 Å². The van der Waals surface area contributed by atoms with E-state index in [2.05, 4.69) is 25.6 Å². The van der Waals surface area contributed by atoms with Crippen LogP contribution in [0.1, 0.15) is 31.4 Å². The molecule has 0 bridgehead atoms. The van der Waals surface area contributed by atoms with Gasteiger partial charge in [-0.1, -0.05) is 0 Å². The van der Waals surface area contributed by atoms with Gasteiger partial charge in [0.1, 0.15) is 5.69 Å². The number of nitrogens with zero attached hydrogens (tertiary/aromatic N) is 4. The van der Waals surface area contributed by atoms with E-state index in [1.165, 1.54) is 18.5 Å². The summed E-state index contributed by atoms with van der Waals surface area (Å²) >= 11 is 0. The first kappa shape index (κ1) is 14.0. The van der Waals surface area contributed by atoms with Crippen molar-refractivity contribution in [3.8, 4) is 11.5 Å². The SMILES string of the molecule is c1cn(CC2CCCCO2)c(-c2cc3n(n2)CCCNC3)n1. The van der Waals surface area contributed by atoms with E-state index in [1.807, 2.05) is 12.4 Å². The van der Waals surface area contributed by atoms with Crippen LogP contribution >= 0.6 is 0 Å². The van der Waals surface area contributed by atoms with Crippen molar-refractivity contribution in [1.82, 2.24) is 24.6 Å². The zero-order valence-electron chi connectivity index (χ0n) is 12.9. The van der Waals surface area contributed by atoms with E-state index in [1.54, 1.807) is 0 Å². The van der Waals surface area contributed by atoms with Gasteiger partial charge in [-0.25, -0.2) is 4.98 Å². The number of imidazole rings is 1. The van der Waals surface area contributed by atoms with E-state index < -0.39 is 0 Å². The Morgan fingerprint density at radius 1 is 1.32 bits per heavy atom. The molecule has 0 amide bonds. The number of aryl methyl sites for hydroxylation is 1. The molecule has 2 aliphatic heterocycles. The van der Waals surface area contributed by atoms with Gasteiger partial charge in [0.05, 0.1) is 18.3 Å². The van der Waals surface area contributed by atoms with Crippen LogP contribution in [0.4, 0.5) is 0 Å². The molecular formula is C16H23N5O. The third-order valence-corrected chi connectivity index (χ3v) is 4.51. The minimum atomic E-state index is 0.309. The summed E-state index contributed by atoms with van der Waals surface area (Å²) < 4.78 is 10.2. The number of hydrogen-bond donors (Lipinski definition) is 1. The third kappa shape index (κ3) is 2.80. The molecule has 2 aromatic rings. The molecule has 1 saturated heterocycles. The van der Waals surface area contributed by atoms with Crippen molar-refractivity contribution in [2.75, 3.05) is 13.2 Å². The Kier molecular flexibility index (Phi) is 3.95. The van der Waals surface area contributed by atoms with Gasteiger partial charge in [-0.3, -0.25) is 4.68 Å². The van der Waals surface area contributed by atoms with Crippen LogP contribution in [0.2, 0.25) is 0 Å².